The maximum absolute atomic E-state index is 11.4. The van der Waals surface area contributed by atoms with Gasteiger partial charge in [-0.3, -0.25) is 0 Å². The molecule has 0 heterocycles. The molecule has 2 aromatic carbocycles. The van der Waals surface area contributed by atoms with Crippen molar-refractivity contribution in [3.63, 3.8) is 0 Å². The summed E-state index contributed by atoms with van der Waals surface area (Å²) in [5.41, 5.74) is 0.857. The van der Waals surface area contributed by atoms with Crippen LogP contribution in [0.3, 0.4) is 0 Å². The Morgan fingerprint density at radius 3 is 2.39 bits per heavy atom. The molecule has 0 aliphatic rings. The zero-order valence-electron chi connectivity index (χ0n) is 13.7. The van der Waals surface area contributed by atoms with E-state index in [1.54, 1.807) is 34.3 Å². The van der Waals surface area contributed by atoms with Crippen molar-refractivity contribution in [3.8, 4) is 17.2 Å². The largest absolute Gasteiger partial charge is 0.493 e. The summed E-state index contributed by atoms with van der Waals surface area (Å²) in [6, 6.07) is 7.65. The summed E-state index contributed by atoms with van der Waals surface area (Å²) in [6.07, 6.45) is 3.10. The number of hydrogen-bond donors (Lipinski definition) is 0. The van der Waals surface area contributed by atoms with Gasteiger partial charge in [0.2, 0.25) is 5.75 Å². The quantitative estimate of drug-likeness (QED) is 0.603. The van der Waals surface area contributed by atoms with Gasteiger partial charge in [-0.05, 0) is 36.1 Å². The van der Waals surface area contributed by atoms with Crippen molar-refractivity contribution in [2.24, 2.45) is 0 Å². The Bertz CT molecular complexity index is 734. The molecular formula is C18H20O5. The average Bonchev–Trinajstić information content (AvgIpc) is 2.58. The summed E-state index contributed by atoms with van der Waals surface area (Å²) in [5, 5.41) is 1.82. The maximum atomic E-state index is 11.4. The summed E-state index contributed by atoms with van der Waals surface area (Å²) in [7, 11) is 4.73. The Balaban J connectivity index is 2.51. The van der Waals surface area contributed by atoms with Gasteiger partial charge in [-0.25, -0.2) is 4.79 Å². The van der Waals surface area contributed by atoms with E-state index in [1.807, 2.05) is 24.3 Å². The van der Waals surface area contributed by atoms with Crippen LogP contribution in [0, 0.1) is 0 Å². The second-order valence-electron chi connectivity index (χ2n) is 4.71. The first-order chi connectivity index (χ1) is 11.1. The first-order valence-electron chi connectivity index (χ1n) is 7.22. The smallest absolute Gasteiger partial charge is 0.330 e. The van der Waals surface area contributed by atoms with Crippen LogP contribution in [-0.4, -0.2) is 33.9 Å². The lowest BCUT2D eigenvalue weighted by Crippen LogP contribution is -1.98. The second-order valence-corrected chi connectivity index (χ2v) is 4.71. The van der Waals surface area contributed by atoms with Gasteiger partial charge in [0.05, 0.1) is 27.9 Å². The standard InChI is InChI=1S/C18H20O5/c1-5-23-16(19)9-7-12-6-8-13-11-15(20-2)18(22-4)17(21-3)14(13)10-12/h6-11H,5H2,1-4H3. The van der Waals surface area contributed by atoms with Crippen molar-refractivity contribution >= 4 is 22.8 Å². The van der Waals surface area contributed by atoms with Crippen LogP contribution in [0.25, 0.3) is 16.8 Å². The maximum Gasteiger partial charge on any atom is 0.330 e. The van der Waals surface area contributed by atoms with Crippen molar-refractivity contribution in [2.45, 2.75) is 6.92 Å². The van der Waals surface area contributed by atoms with Gasteiger partial charge < -0.3 is 18.9 Å². The number of carbonyl (C=O) groups excluding carboxylic acids is 1. The number of fused-ring (bicyclic) bond motifs is 1. The van der Waals surface area contributed by atoms with Crippen LogP contribution in [0.4, 0.5) is 0 Å². The SMILES string of the molecule is CCOC(=O)C=Cc1ccc2cc(OC)c(OC)c(OC)c2c1. The molecule has 0 fully saturated rings. The van der Waals surface area contributed by atoms with Crippen molar-refractivity contribution in [1.82, 2.24) is 0 Å². The fourth-order valence-electron chi connectivity index (χ4n) is 2.34. The number of methoxy groups -OCH3 is 3. The molecule has 2 rings (SSSR count). The third-order valence-electron chi connectivity index (χ3n) is 3.37. The normalized spacial score (nSPS) is 10.8. The molecule has 5 nitrogen and oxygen atoms in total. The number of esters is 1. The topological polar surface area (TPSA) is 54.0 Å². The molecule has 23 heavy (non-hydrogen) atoms. The number of hydrogen-bond acceptors (Lipinski definition) is 5. The fraction of sp³-hybridized carbons (Fsp3) is 0.278. The molecule has 0 aromatic heterocycles. The Morgan fingerprint density at radius 2 is 1.78 bits per heavy atom. The van der Waals surface area contributed by atoms with E-state index in [9.17, 15) is 4.79 Å². The molecule has 0 unspecified atom stereocenters. The van der Waals surface area contributed by atoms with Crippen LogP contribution < -0.4 is 14.2 Å². The summed E-state index contributed by atoms with van der Waals surface area (Å²) < 4.78 is 21.1. The minimum atomic E-state index is -0.369. The lowest BCUT2D eigenvalue weighted by Gasteiger charge is -2.15. The summed E-state index contributed by atoms with van der Waals surface area (Å²) >= 11 is 0. The van der Waals surface area contributed by atoms with E-state index in [-0.39, 0.29) is 5.97 Å². The van der Waals surface area contributed by atoms with Gasteiger partial charge in [-0.1, -0.05) is 12.1 Å². The van der Waals surface area contributed by atoms with Gasteiger partial charge in [0.25, 0.3) is 0 Å². The average molecular weight is 316 g/mol. The fourth-order valence-corrected chi connectivity index (χ4v) is 2.34. The minimum absolute atomic E-state index is 0.353. The van der Waals surface area contributed by atoms with E-state index >= 15 is 0 Å². The highest BCUT2D eigenvalue weighted by molar-refractivity contribution is 5.95. The number of rotatable bonds is 6. The Hall–Kier alpha value is -2.69. The number of ether oxygens (including phenoxy) is 4. The zero-order valence-corrected chi connectivity index (χ0v) is 13.7. The predicted molar refractivity (Wildman–Crippen MR) is 89.3 cm³/mol. The van der Waals surface area contributed by atoms with Gasteiger partial charge in [-0.15, -0.1) is 0 Å². The van der Waals surface area contributed by atoms with Crippen LogP contribution in [0.15, 0.2) is 30.3 Å². The molecule has 5 heteroatoms. The molecule has 0 N–H and O–H groups in total. The summed E-state index contributed by atoms with van der Waals surface area (Å²) in [5.74, 6) is 1.36. The molecule has 0 spiro atoms. The van der Waals surface area contributed by atoms with Gasteiger partial charge >= 0.3 is 5.97 Å². The predicted octanol–water partition coefficient (Wildman–Crippen LogP) is 3.44. The van der Waals surface area contributed by atoms with Crippen LogP contribution >= 0.6 is 0 Å². The van der Waals surface area contributed by atoms with Gasteiger partial charge in [0.15, 0.2) is 11.5 Å². The van der Waals surface area contributed by atoms with E-state index in [4.69, 9.17) is 18.9 Å². The van der Waals surface area contributed by atoms with E-state index in [0.717, 1.165) is 16.3 Å². The molecule has 0 saturated carbocycles. The monoisotopic (exact) mass is 316 g/mol. The van der Waals surface area contributed by atoms with Crippen LogP contribution in [0.5, 0.6) is 17.2 Å². The molecule has 0 amide bonds. The molecule has 0 aliphatic heterocycles. The van der Waals surface area contributed by atoms with E-state index in [0.29, 0.717) is 23.9 Å². The Kier molecular flexibility index (Phi) is 5.46. The third-order valence-corrected chi connectivity index (χ3v) is 3.37. The van der Waals surface area contributed by atoms with Crippen molar-refractivity contribution in [3.05, 3.63) is 35.9 Å². The lowest BCUT2D eigenvalue weighted by atomic mass is 10.0. The highest BCUT2D eigenvalue weighted by atomic mass is 16.5. The zero-order chi connectivity index (χ0) is 16.8. The van der Waals surface area contributed by atoms with Crippen LogP contribution in [-0.2, 0) is 9.53 Å². The second kappa shape index (κ2) is 7.54. The molecule has 0 radical (unpaired) electrons. The molecule has 0 atom stereocenters. The molecular weight excluding hydrogens is 296 g/mol. The summed E-state index contributed by atoms with van der Waals surface area (Å²) in [6.45, 7) is 2.12. The van der Waals surface area contributed by atoms with E-state index < -0.39 is 0 Å². The third kappa shape index (κ3) is 3.56. The van der Waals surface area contributed by atoms with Gasteiger partial charge in [-0.2, -0.15) is 0 Å². The molecule has 2 aromatic rings. The van der Waals surface area contributed by atoms with E-state index in [1.165, 1.54) is 6.08 Å². The van der Waals surface area contributed by atoms with E-state index in [2.05, 4.69) is 0 Å². The van der Waals surface area contributed by atoms with Crippen LogP contribution in [0.1, 0.15) is 12.5 Å². The summed E-state index contributed by atoms with van der Waals surface area (Å²) in [4.78, 5) is 11.4. The molecule has 0 saturated heterocycles. The molecule has 0 bridgehead atoms. The molecule has 0 aliphatic carbocycles. The van der Waals surface area contributed by atoms with Crippen molar-refractivity contribution < 1.29 is 23.7 Å². The molecule has 122 valence electrons. The van der Waals surface area contributed by atoms with Gasteiger partial charge in [0, 0.05) is 11.5 Å². The highest BCUT2D eigenvalue weighted by Crippen LogP contribution is 2.43. The minimum Gasteiger partial charge on any atom is -0.493 e. The van der Waals surface area contributed by atoms with Crippen molar-refractivity contribution in [2.75, 3.05) is 27.9 Å². The number of carbonyl (C=O) groups is 1. The van der Waals surface area contributed by atoms with Crippen LogP contribution in [0.2, 0.25) is 0 Å². The number of benzene rings is 2. The first-order valence-corrected chi connectivity index (χ1v) is 7.22. The van der Waals surface area contributed by atoms with Gasteiger partial charge in [0.1, 0.15) is 0 Å². The first kappa shape index (κ1) is 16.7. The lowest BCUT2D eigenvalue weighted by molar-refractivity contribution is -0.137. The van der Waals surface area contributed by atoms with Crippen molar-refractivity contribution in [1.29, 1.82) is 0 Å². The Labute approximate surface area is 135 Å². The Morgan fingerprint density at radius 1 is 1.04 bits per heavy atom. The highest BCUT2D eigenvalue weighted by Gasteiger charge is 2.15.